The normalized spacial score (nSPS) is 11.2. The first-order valence-corrected chi connectivity index (χ1v) is 10.3. The van der Waals surface area contributed by atoms with E-state index in [1.807, 2.05) is 24.3 Å². The van der Waals surface area contributed by atoms with Gasteiger partial charge >= 0.3 is 0 Å². The Morgan fingerprint density at radius 3 is 2.40 bits per heavy atom. The molecule has 1 heterocycles. The highest BCUT2D eigenvalue weighted by Gasteiger charge is 2.08. The van der Waals surface area contributed by atoms with Gasteiger partial charge in [0.2, 0.25) is 11.8 Å². The van der Waals surface area contributed by atoms with E-state index in [1.54, 1.807) is 0 Å². The van der Waals surface area contributed by atoms with Crippen molar-refractivity contribution >= 4 is 22.7 Å². The number of fused-ring (bicyclic) bond motifs is 1. The monoisotopic (exact) mass is 406 g/mol. The van der Waals surface area contributed by atoms with Crippen molar-refractivity contribution in [2.75, 3.05) is 20.6 Å². The molecule has 2 aromatic carbocycles. The maximum absolute atomic E-state index is 12.3. The lowest BCUT2D eigenvalue weighted by Crippen LogP contribution is -2.23. The predicted octanol–water partition coefficient (Wildman–Crippen LogP) is 2.55. The third kappa shape index (κ3) is 6.19. The first kappa shape index (κ1) is 21.6. The number of rotatable bonds is 10. The smallest absolute Gasteiger partial charge is 0.221 e. The molecule has 0 aliphatic heterocycles. The molecule has 4 N–H and O–H groups in total. The van der Waals surface area contributed by atoms with Crippen molar-refractivity contribution in [1.82, 2.24) is 15.2 Å². The molecule has 0 saturated heterocycles. The van der Waals surface area contributed by atoms with Gasteiger partial charge in [0.15, 0.2) is 0 Å². The fourth-order valence-electron chi connectivity index (χ4n) is 3.46. The molecular weight excluding hydrogens is 376 g/mol. The van der Waals surface area contributed by atoms with Crippen molar-refractivity contribution in [2.24, 2.45) is 5.73 Å². The van der Waals surface area contributed by atoms with Gasteiger partial charge in [-0.2, -0.15) is 0 Å². The number of likely N-dealkylation sites (N-methyl/N-ethyl adjacent to an activating group) is 1. The van der Waals surface area contributed by atoms with E-state index in [0.717, 1.165) is 29.6 Å². The summed E-state index contributed by atoms with van der Waals surface area (Å²) >= 11 is 0. The molecule has 30 heavy (non-hydrogen) atoms. The van der Waals surface area contributed by atoms with Crippen LogP contribution in [0.5, 0.6) is 0 Å². The maximum atomic E-state index is 12.3. The highest BCUT2D eigenvalue weighted by Crippen LogP contribution is 2.21. The standard InChI is InChI=1S/C24H30N4O2/c1-28(2)12-11-20-16-26-22-9-7-17(13-21(20)22)8-10-24(30)27-15-19-5-3-18(4-6-19)14-23(25)29/h3-7,9,13,16,26H,8,10-12,14-15H2,1-2H3,(H2,25,29)(H,27,30). The van der Waals surface area contributed by atoms with E-state index >= 15 is 0 Å². The zero-order valence-electron chi connectivity index (χ0n) is 17.7. The largest absolute Gasteiger partial charge is 0.369 e. The zero-order chi connectivity index (χ0) is 21.5. The van der Waals surface area contributed by atoms with Crippen LogP contribution in [-0.2, 0) is 35.4 Å². The number of carbonyl (C=O) groups is 2. The van der Waals surface area contributed by atoms with Crippen LogP contribution in [0, 0.1) is 0 Å². The summed E-state index contributed by atoms with van der Waals surface area (Å²) < 4.78 is 0. The second-order valence-corrected chi connectivity index (χ2v) is 7.98. The van der Waals surface area contributed by atoms with Crippen molar-refractivity contribution in [3.8, 4) is 0 Å². The molecular formula is C24H30N4O2. The van der Waals surface area contributed by atoms with Crippen molar-refractivity contribution < 1.29 is 9.59 Å². The number of nitrogens with zero attached hydrogens (tertiary/aromatic N) is 1. The first-order chi connectivity index (χ1) is 14.4. The Labute approximate surface area is 177 Å². The molecule has 3 aromatic rings. The third-order valence-electron chi connectivity index (χ3n) is 5.19. The number of nitrogens with two attached hydrogens (primary N) is 1. The number of primary amides is 1. The molecule has 0 aliphatic rings. The number of nitrogens with one attached hydrogen (secondary N) is 2. The SMILES string of the molecule is CN(C)CCc1c[nH]c2ccc(CCC(=O)NCc3ccc(CC(N)=O)cc3)cc12. The Balaban J connectivity index is 1.51. The van der Waals surface area contributed by atoms with Crippen LogP contribution in [0.3, 0.4) is 0 Å². The fraction of sp³-hybridized carbons (Fsp3) is 0.333. The number of H-pyrrole nitrogens is 1. The predicted molar refractivity (Wildman–Crippen MR) is 120 cm³/mol. The van der Waals surface area contributed by atoms with Crippen molar-refractivity contribution in [3.63, 3.8) is 0 Å². The number of aryl methyl sites for hydroxylation is 1. The molecule has 158 valence electrons. The van der Waals surface area contributed by atoms with E-state index in [2.05, 4.69) is 53.7 Å². The topological polar surface area (TPSA) is 91.2 Å². The maximum Gasteiger partial charge on any atom is 0.221 e. The third-order valence-corrected chi connectivity index (χ3v) is 5.19. The highest BCUT2D eigenvalue weighted by atomic mass is 16.1. The lowest BCUT2D eigenvalue weighted by Gasteiger charge is -2.09. The minimum Gasteiger partial charge on any atom is -0.369 e. The number of hydrogen-bond donors (Lipinski definition) is 3. The number of hydrogen-bond acceptors (Lipinski definition) is 3. The van der Waals surface area contributed by atoms with Gasteiger partial charge in [-0.3, -0.25) is 9.59 Å². The summed E-state index contributed by atoms with van der Waals surface area (Å²) in [4.78, 5) is 28.7. The molecule has 0 bridgehead atoms. The molecule has 0 spiro atoms. The summed E-state index contributed by atoms with van der Waals surface area (Å²) in [7, 11) is 4.16. The molecule has 0 fully saturated rings. The minimum absolute atomic E-state index is 0.0261. The Morgan fingerprint density at radius 2 is 1.70 bits per heavy atom. The van der Waals surface area contributed by atoms with Gasteiger partial charge in [-0.1, -0.05) is 30.3 Å². The van der Waals surface area contributed by atoms with Crippen LogP contribution in [0.1, 0.15) is 28.7 Å². The Hall–Kier alpha value is -3.12. The lowest BCUT2D eigenvalue weighted by molar-refractivity contribution is -0.121. The van der Waals surface area contributed by atoms with Crippen molar-refractivity contribution in [3.05, 3.63) is 70.9 Å². The number of benzene rings is 2. The number of aromatic nitrogens is 1. The molecule has 3 rings (SSSR count). The van der Waals surface area contributed by atoms with Gasteiger partial charge in [-0.25, -0.2) is 0 Å². The number of aromatic amines is 1. The van der Waals surface area contributed by atoms with Crippen molar-refractivity contribution in [1.29, 1.82) is 0 Å². The molecule has 2 amide bonds. The fourth-order valence-corrected chi connectivity index (χ4v) is 3.46. The van der Waals surface area contributed by atoms with Crippen LogP contribution in [0.4, 0.5) is 0 Å². The molecule has 6 heteroatoms. The Morgan fingerprint density at radius 1 is 1.00 bits per heavy atom. The molecule has 0 unspecified atom stereocenters. The summed E-state index contributed by atoms with van der Waals surface area (Å²) in [6.07, 6.45) is 4.46. The average molecular weight is 407 g/mol. The minimum atomic E-state index is -0.348. The molecule has 6 nitrogen and oxygen atoms in total. The van der Waals surface area contributed by atoms with E-state index in [1.165, 1.54) is 16.5 Å². The summed E-state index contributed by atoms with van der Waals surface area (Å²) in [5, 5.41) is 4.20. The van der Waals surface area contributed by atoms with E-state index in [9.17, 15) is 9.59 Å². The summed E-state index contributed by atoms with van der Waals surface area (Å²) in [5.74, 6) is -0.322. The molecule has 0 radical (unpaired) electrons. The number of carbonyl (C=O) groups excluding carboxylic acids is 2. The number of amides is 2. The van der Waals surface area contributed by atoms with Crippen molar-refractivity contribution in [2.45, 2.75) is 32.2 Å². The van der Waals surface area contributed by atoms with Crippen LogP contribution >= 0.6 is 0 Å². The van der Waals surface area contributed by atoms with Gasteiger partial charge in [0.05, 0.1) is 6.42 Å². The average Bonchev–Trinajstić information content (AvgIpc) is 3.12. The van der Waals surface area contributed by atoms with Gasteiger partial charge in [0, 0.05) is 36.6 Å². The molecule has 1 aromatic heterocycles. The Bertz CT molecular complexity index is 1010. The first-order valence-electron chi connectivity index (χ1n) is 10.3. The second-order valence-electron chi connectivity index (χ2n) is 7.98. The van der Waals surface area contributed by atoms with E-state index in [0.29, 0.717) is 19.4 Å². The van der Waals surface area contributed by atoms with Gasteiger partial charge in [-0.15, -0.1) is 0 Å². The zero-order valence-corrected chi connectivity index (χ0v) is 17.7. The van der Waals surface area contributed by atoms with Crippen LogP contribution < -0.4 is 11.1 Å². The van der Waals surface area contributed by atoms with E-state index in [-0.39, 0.29) is 18.2 Å². The van der Waals surface area contributed by atoms with Crippen LogP contribution in [-0.4, -0.2) is 42.3 Å². The van der Waals surface area contributed by atoms with E-state index in [4.69, 9.17) is 5.73 Å². The summed E-state index contributed by atoms with van der Waals surface area (Å²) in [6.45, 7) is 1.48. The molecule has 0 saturated carbocycles. The molecule has 0 aliphatic carbocycles. The van der Waals surface area contributed by atoms with Gasteiger partial charge < -0.3 is 20.9 Å². The van der Waals surface area contributed by atoms with Gasteiger partial charge in [0.25, 0.3) is 0 Å². The van der Waals surface area contributed by atoms with Gasteiger partial charge in [0.1, 0.15) is 0 Å². The highest BCUT2D eigenvalue weighted by molar-refractivity contribution is 5.84. The van der Waals surface area contributed by atoms with Crippen LogP contribution in [0.2, 0.25) is 0 Å². The molecule has 0 atom stereocenters. The second kappa shape index (κ2) is 10.1. The van der Waals surface area contributed by atoms with Gasteiger partial charge in [-0.05, 0) is 61.3 Å². The lowest BCUT2D eigenvalue weighted by atomic mass is 10.0. The quantitative estimate of drug-likeness (QED) is 0.483. The van der Waals surface area contributed by atoms with E-state index < -0.39 is 0 Å². The summed E-state index contributed by atoms with van der Waals surface area (Å²) in [5.41, 5.74) is 10.7. The Kier molecular flexibility index (Phi) is 7.25. The van der Waals surface area contributed by atoms with Crippen LogP contribution in [0.25, 0.3) is 10.9 Å². The summed E-state index contributed by atoms with van der Waals surface area (Å²) in [6, 6.07) is 13.9. The van der Waals surface area contributed by atoms with Crippen LogP contribution in [0.15, 0.2) is 48.7 Å².